The molecule has 0 saturated carbocycles. The second-order valence-corrected chi connectivity index (χ2v) is 6.63. The monoisotopic (exact) mass is 382 g/mol. The smallest absolute Gasteiger partial charge is 0.335 e. The van der Waals surface area contributed by atoms with E-state index < -0.39 is 11.9 Å². The third-order valence-electron chi connectivity index (χ3n) is 4.86. The van der Waals surface area contributed by atoms with Crippen molar-refractivity contribution < 1.29 is 24.2 Å². The molecule has 2 aromatic carbocycles. The first-order valence-electron chi connectivity index (χ1n) is 9.04. The Bertz CT molecular complexity index is 908. The van der Waals surface area contributed by atoms with Gasteiger partial charge in [-0.25, -0.2) is 4.79 Å². The molecule has 0 aromatic heterocycles. The van der Waals surface area contributed by atoms with Crippen LogP contribution in [0.1, 0.15) is 29.3 Å². The summed E-state index contributed by atoms with van der Waals surface area (Å²) in [7, 11) is 1.40. The van der Waals surface area contributed by atoms with E-state index in [-0.39, 0.29) is 29.5 Å². The molecule has 1 atom stereocenters. The van der Waals surface area contributed by atoms with Crippen molar-refractivity contribution in [3.8, 4) is 5.75 Å². The minimum atomic E-state index is -1.08. The van der Waals surface area contributed by atoms with Gasteiger partial charge in [0.1, 0.15) is 5.75 Å². The number of amides is 2. The molecule has 0 aliphatic carbocycles. The van der Waals surface area contributed by atoms with E-state index in [1.54, 1.807) is 4.90 Å². The number of ether oxygens (including phenoxy) is 1. The van der Waals surface area contributed by atoms with E-state index in [0.717, 1.165) is 12.1 Å². The highest BCUT2D eigenvalue weighted by molar-refractivity contribution is 6.04. The van der Waals surface area contributed by atoms with Crippen LogP contribution in [-0.4, -0.2) is 36.5 Å². The predicted molar refractivity (Wildman–Crippen MR) is 105 cm³/mol. The summed E-state index contributed by atoms with van der Waals surface area (Å²) in [6.45, 7) is 2.36. The molecule has 1 aliphatic rings. The SMILES string of the molecule is CCc1ccc(N2CC(C(=O)Nc3ccc(C(=O)O)cc3OC)CC2=O)cc1. The van der Waals surface area contributed by atoms with Gasteiger partial charge in [-0.3, -0.25) is 9.59 Å². The van der Waals surface area contributed by atoms with Gasteiger partial charge in [0.05, 0.1) is 24.3 Å². The molecule has 146 valence electrons. The zero-order valence-corrected chi connectivity index (χ0v) is 15.8. The molecule has 28 heavy (non-hydrogen) atoms. The lowest BCUT2D eigenvalue weighted by molar-refractivity contribution is -0.122. The van der Waals surface area contributed by atoms with Crippen LogP contribution in [0.5, 0.6) is 5.75 Å². The molecule has 1 aliphatic heterocycles. The summed E-state index contributed by atoms with van der Waals surface area (Å²) < 4.78 is 5.18. The highest BCUT2D eigenvalue weighted by Gasteiger charge is 2.35. The highest BCUT2D eigenvalue weighted by Crippen LogP contribution is 2.29. The minimum absolute atomic E-state index is 0.0626. The van der Waals surface area contributed by atoms with E-state index in [1.165, 1.54) is 30.9 Å². The van der Waals surface area contributed by atoms with Gasteiger partial charge in [0.25, 0.3) is 0 Å². The third-order valence-corrected chi connectivity index (χ3v) is 4.86. The van der Waals surface area contributed by atoms with Crippen molar-refractivity contribution in [2.75, 3.05) is 23.9 Å². The molecule has 3 rings (SSSR count). The maximum absolute atomic E-state index is 12.7. The van der Waals surface area contributed by atoms with Crippen molar-refractivity contribution in [1.82, 2.24) is 0 Å². The molecule has 0 spiro atoms. The zero-order valence-electron chi connectivity index (χ0n) is 15.8. The van der Waals surface area contributed by atoms with Crippen LogP contribution in [-0.2, 0) is 16.0 Å². The highest BCUT2D eigenvalue weighted by atomic mass is 16.5. The van der Waals surface area contributed by atoms with Crippen LogP contribution in [0.2, 0.25) is 0 Å². The molecule has 2 amide bonds. The first kappa shape index (κ1) is 19.4. The summed E-state index contributed by atoms with van der Waals surface area (Å²) in [4.78, 5) is 37.8. The van der Waals surface area contributed by atoms with Gasteiger partial charge in [0.2, 0.25) is 11.8 Å². The fourth-order valence-electron chi connectivity index (χ4n) is 3.21. The number of rotatable bonds is 6. The van der Waals surface area contributed by atoms with Gasteiger partial charge in [-0.2, -0.15) is 0 Å². The van der Waals surface area contributed by atoms with Crippen molar-refractivity contribution in [1.29, 1.82) is 0 Å². The maximum Gasteiger partial charge on any atom is 0.335 e. The number of aromatic carboxylic acids is 1. The number of benzene rings is 2. The number of methoxy groups -OCH3 is 1. The number of carbonyl (C=O) groups is 3. The van der Waals surface area contributed by atoms with Crippen LogP contribution in [0.15, 0.2) is 42.5 Å². The second-order valence-electron chi connectivity index (χ2n) is 6.63. The summed E-state index contributed by atoms with van der Waals surface area (Å²) in [6.07, 6.45) is 1.04. The number of nitrogens with one attached hydrogen (secondary N) is 1. The predicted octanol–water partition coefficient (Wildman–Crippen LogP) is 2.95. The van der Waals surface area contributed by atoms with E-state index in [4.69, 9.17) is 9.84 Å². The zero-order chi connectivity index (χ0) is 20.3. The number of anilines is 2. The van der Waals surface area contributed by atoms with Crippen LogP contribution >= 0.6 is 0 Å². The van der Waals surface area contributed by atoms with Crippen LogP contribution < -0.4 is 15.0 Å². The van der Waals surface area contributed by atoms with Crippen molar-refractivity contribution in [3.05, 3.63) is 53.6 Å². The van der Waals surface area contributed by atoms with Gasteiger partial charge in [-0.1, -0.05) is 19.1 Å². The third kappa shape index (κ3) is 3.98. The van der Waals surface area contributed by atoms with Crippen molar-refractivity contribution in [3.63, 3.8) is 0 Å². The van der Waals surface area contributed by atoms with Gasteiger partial charge >= 0.3 is 5.97 Å². The molecular weight excluding hydrogens is 360 g/mol. The van der Waals surface area contributed by atoms with Crippen LogP contribution in [0, 0.1) is 5.92 Å². The van der Waals surface area contributed by atoms with Crippen LogP contribution in [0.3, 0.4) is 0 Å². The van der Waals surface area contributed by atoms with Crippen LogP contribution in [0.4, 0.5) is 11.4 Å². The molecule has 1 fully saturated rings. The molecule has 7 heteroatoms. The fourth-order valence-corrected chi connectivity index (χ4v) is 3.21. The standard InChI is InChI=1S/C21H22N2O5/c1-3-13-4-7-16(8-5-13)23-12-15(11-19(23)24)20(25)22-17-9-6-14(21(26)27)10-18(17)28-2/h4-10,15H,3,11-12H2,1-2H3,(H,22,25)(H,26,27). The Hall–Kier alpha value is -3.35. The Balaban J connectivity index is 1.71. The molecule has 0 bridgehead atoms. The Kier molecular flexibility index (Phi) is 5.63. The molecule has 2 aromatic rings. The number of carboxylic acid groups (broad SMARTS) is 1. The van der Waals surface area contributed by atoms with Gasteiger partial charge < -0.3 is 20.1 Å². The summed E-state index contributed by atoms with van der Waals surface area (Å²) in [6, 6.07) is 12.0. The number of hydrogen-bond acceptors (Lipinski definition) is 4. The second kappa shape index (κ2) is 8.12. The van der Waals surface area contributed by atoms with Gasteiger partial charge in [0, 0.05) is 18.7 Å². The molecule has 1 saturated heterocycles. The molecule has 1 heterocycles. The number of aryl methyl sites for hydroxylation is 1. The number of nitrogens with zero attached hydrogens (tertiary/aromatic N) is 1. The minimum Gasteiger partial charge on any atom is -0.495 e. The summed E-state index contributed by atoms with van der Waals surface area (Å²) in [5.74, 6) is -1.73. The topological polar surface area (TPSA) is 95.9 Å². The Morgan fingerprint density at radius 1 is 1.21 bits per heavy atom. The molecule has 2 N–H and O–H groups in total. The molecular formula is C21H22N2O5. The fraction of sp³-hybridized carbons (Fsp3) is 0.286. The first-order chi connectivity index (χ1) is 13.4. The van der Waals surface area contributed by atoms with E-state index in [1.807, 2.05) is 24.3 Å². The molecule has 0 radical (unpaired) electrons. The Labute approximate surface area is 162 Å². The number of carbonyl (C=O) groups excluding carboxylic acids is 2. The van der Waals surface area contributed by atoms with Gasteiger partial charge in [-0.05, 0) is 42.3 Å². The lowest BCUT2D eigenvalue weighted by atomic mass is 10.1. The number of hydrogen-bond donors (Lipinski definition) is 2. The molecule has 7 nitrogen and oxygen atoms in total. The Morgan fingerprint density at radius 2 is 1.93 bits per heavy atom. The average Bonchev–Trinajstić information content (AvgIpc) is 3.10. The van der Waals surface area contributed by atoms with Crippen molar-refractivity contribution in [2.24, 2.45) is 5.92 Å². The summed E-state index contributed by atoms with van der Waals surface area (Å²) >= 11 is 0. The first-order valence-corrected chi connectivity index (χ1v) is 9.04. The van der Waals surface area contributed by atoms with Gasteiger partial charge in [0.15, 0.2) is 0 Å². The maximum atomic E-state index is 12.7. The van der Waals surface area contributed by atoms with Gasteiger partial charge in [-0.15, -0.1) is 0 Å². The average molecular weight is 382 g/mol. The lowest BCUT2D eigenvalue weighted by Crippen LogP contribution is -2.28. The van der Waals surface area contributed by atoms with E-state index >= 15 is 0 Å². The van der Waals surface area contributed by atoms with E-state index in [0.29, 0.717) is 12.2 Å². The molecule has 1 unspecified atom stereocenters. The summed E-state index contributed by atoms with van der Waals surface area (Å²) in [5, 5.41) is 11.8. The normalized spacial score (nSPS) is 16.1. The van der Waals surface area contributed by atoms with Crippen LogP contribution in [0.25, 0.3) is 0 Å². The largest absolute Gasteiger partial charge is 0.495 e. The van der Waals surface area contributed by atoms with E-state index in [9.17, 15) is 14.4 Å². The summed E-state index contributed by atoms with van der Waals surface area (Å²) in [5.41, 5.74) is 2.39. The quantitative estimate of drug-likeness (QED) is 0.801. The van der Waals surface area contributed by atoms with Crippen molar-refractivity contribution in [2.45, 2.75) is 19.8 Å². The number of carboxylic acids is 1. The van der Waals surface area contributed by atoms with E-state index in [2.05, 4.69) is 12.2 Å². The Morgan fingerprint density at radius 3 is 2.54 bits per heavy atom. The lowest BCUT2D eigenvalue weighted by Gasteiger charge is -2.17. The van der Waals surface area contributed by atoms with Crippen molar-refractivity contribution >= 4 is 29.2 Å².